The SMILES string of the molecule is CC(OC(=O)CC1C=CS(=O)(=O)C1)C(=O)Nc1ccc([N+](=O)[O-])cc1. The Morgan fingerprint density at radius 3 is 2.52 bits per heavy atom. The summed E-state index contributed by atoms with van der Waals surface area (Å²) in [6, 6.07) is 5.19. The first-order chi connectivity index (χ1) is 11.7. The Bertz CT molecular complexity index is 815. The minimum absolute atomic E-state index is 0.114. The fourth-order valence-electron chi connectivity index (χ4n) is 2.19. The molecule has 2 rings (SSSR count). The monoisotopic (exact) mass is 368 g/mol. The third kappa shape index (κ3) is 5.38. The molecule has 0 fully saturated rings. The molecular formula is C15H16N2O7S. The lowest BCUT2D eigenvalue weighted by molar-refractivity contribution is -0.384. The highest BCUT2D eigenvalue weighted by atomic mass is 32.2. The molecule has 1 N–H and O–H groups in total. The third-order valence-corrected chi connectivity index (χ3v) is 4.92. The van der Waals surface area contributed by atoms with Crippen LogP contribution < -0.4 is 5.32 Å². The van der Waals surface area contributed by atoms with Gasteiger partial charge in [-0.05, 0) is 19.1 Å². The second-order valence-electron chi connectivity index (χ2n) is 5.55. The number of allylic oxidation sites excluding steroid dienone is 1. The maximum atomic E-state index is 12.0. The second kappa shape index (κ2) is 7.43. The summed E-state index contributed by atoms with van der Waals surface area (Å²) in [5, 5.41) is 14.1. The van der Waals surface area contributed by atoms with E-state index in [0.717, 1.165) is 5.41 Å². The van der Waals surface area contributed by atoms with Crippen LogP contribution in [-0.2, 0) is 24.2 Å². The summed E-state index contributed by atoms with van der Waals surface area (Å²) in [6.45, 7) is 1.37. The molecule has 0 aromatic heterocycles. The van der Waals surface area contributed by atoms with Crippen molar-refractivity contribution < 1.29 is 27.7 Å². The standard InChI is InChI=1S/C15H16N2O7S/c1-10(24-14(18)8-11-6-7-25(22,23)9-11)15(19)16-12-2-4-13(5-3-12)17(20)21/h2-7,10-11H,8-9H2,1H3,(H,16,19). The normalized spacial score (nSPS) is 19.2. The van der Waals surface area contributed by atoms with Crippen LogP contribution in [0.25, 0.3) is 0 Å². The second-order valence-corrected chi connectivity index (χ2v) is 7.48. The van der Waals surface area contributed by atoms with E-state index < -0.39 is 38.7 Å². The van der Waals surface area contributed by atoms with Crippen LogP contribution in [0.3, 0.4) is 0 Å². The van der Waals surface area contributed by atoms with E-state index in [-0.39, 0.29) is 17.9 Å². The molecule has 0 aliphatic carbocycles. The van der Waals surface area contributed by atoms with Crippen LogP contribution in [0, 0.1) is 16.0 Å². The Morgan fingerprint density at radius 2 is 2.00 bits per heavy atom. The van der Waals surface area contributed by atoms with Crippen LogP contribution in [-0.4, -0.2) is 37.1 Å². The summed E-state index contributed by atoms with van der Waals surface area (Å²) in [4.78, 5) is 33.8. The molecule has 25 heavy (non-hydrogen) atoms. The molecular weight excluding hydrogens is 352 g/mol. The first-order valence-electron chi connectivity index (χ1n) is 7.32. The molecule has 0 saturated carbocycles. The maximum Gasteiger partial charge on any atom is 0.307 e. The van der Waals surface area contributed by atoms with Gasteiger partial charge < -0.3 is 10.1 Å². The number of carbonyl (C=O) groups is 2. The van der Waals surface area contributed by atoms with Crippen molar-refractivity contribution in [2.24, 2.45) is 5.92 Å². The van der Waals surface area contributed by atoms with E-state index in [1.54, 1.807) is 0 Å². The summed E-state index contributed by atoms with van der Waals surface area (Å²) in [6.07, 6.45) is 0.202. The van der Waals surface area contributed by atoms with E-state index in [2.05, 4.69) is 5.32 Å². The van der Waals surface area contributed by atoms with Gasteiger partial charge in [0.25, 0.3) is 11.6 Å². The van der Waals surface area contributed by atoms with Crippen LogP contribution in [0.2, 0.25) is 0 Å². The smallest absolute Gasteiger partial charge is 0.307 e. The summed E-state index contributed by atoms with van der Waals surface area (Å²) >= 11 is 0. The molecule has 0 spiro atoms. The van der Waals surface area contributed by atoms with E-state index in [4.69, 9.17) is 4.74 Å². The minimum atomic E-state index is -3.25. The molecule has 1 heterocycles. The molecule has 2 unspecified atom stereocenters. The van der Waals surface area contributed by atoms with Crippen LogP contribution in [0.4, 0.5) is 11.4 Å². The molecule has 9 nitrogen and oxygen atoms in total. The highest BCUT2D eigenvalue weighted by molar-refractivity contribution is 7.94. The number of nitrogens with zero attached hydrogens (tertiary/aromatic N) is 1. The van der Waals surface area contributed by atoms with Gasteiger partial charge in [0.2, 0.25) is 0 Å². The molecule has 0 saturated heterocycles. The number of nitrogens with one attached hydrogen (secondary N) is 1. The summed E-state index contributed by atoms with van der Waals surface area (Å²) in [7, 11) is -3.25. The van der Waals surface area contributed by atoms with Gasteiger partial charge in [-0.2, -0.15) is 0 Å². The number of carbonyl (C=O) groups excluding carboxylic acids is 2. The predicted octanol–water partition coefficient (Wildman–Crippen LogP) is 1.41. The fraction of sp³-hybridized carbons (Fsp3) is 0.333. The zero-order valence-corrected chi connectivity index (χ0v) is 14.1. The molecule has 1 aromatic carbocycles. The van der Waals surface area contributed by atoms with Crippen LogP contribution >= 0.6 is 0 Å². The van der Waals surface area contributed by atoms with E-state index in [1.807, 2.05) is 0 Å². The molecule has 2 atom stereocenters. The van der Waals surface area contributed by atoms with Crippen molar-refractivity contribution in [2.45, 2.75) is 19.4 Å². The number of nitro benzene ring substituents is 1. The Balaban J connectivity index is 1.84. The minimum Gasteiger partial charge on any atom is -0.453 e. The van der Waals surface area contributed by atoms with Crippen molar-refractivity contribution in [3.05, 3.63) is 45.9 Å². The van der Waals surface area contributed by atoms with Crippen molar-refractivity contribution in [1.29, 1.82) is 0 Å². The van der Waals surface area contributed by atoms with Crippen LogP contribution in [0.15, 0.2) is 35.7 Å². The van der Waals surface area contributed by atoms with E-state index in [1.165, 1.54) is 37.3 Å². The zero-order chi connectivity index (χ0) is 18.6. The van der Waals surface area contributed by atoms with Gasteiger partial charge >= 0.3 is 5.97 Å². The number of anilines is 1. The molecule has 0 radical (unpaired) electrons. The first kappa shape index (κ1) is 18.6. The fourth-order valence-corrected chi connectivity index (χ4v) is 3.59. The van der Waals surface area contributed by atoms with Crippen molar-refractivity contribution in [2.75, 3.05) is 11.1 Å². The molecule has 1 amide bonds. The number of hydrogen-bond donors (Lipinski definition) is 1. The van der Waals surface area contributed by atoms with E-state index in [9.17, 15) is 28.1 Å². The first-order valence-corrected chi connectivity index (χ1v) is 9.03. The summed E-state index contributed by atoms with van der Waals surface area (Å²) in [5.41, 5.74) is 0.209. The number of amides is 1. The van der Waals surface area contributed by atoms with Gasteiger partial charge in [0.1, 0.15) is 0 Å². The Morgan fingerprint density at radius 1 is 1.36 bits per heavy atom. The summed E-state index contributed by atoms with van der Waals surface area (Å²) in [5.74, 6) is -1.89. The number of rotatable bonds is 6. The van der Waals surface area contributed by atoms with Crippen LogP contribution in [0.1, 0.15) is 13.3 Å². The third-order valence-electron chi connectivity index (χ3n) is 3.46. The van der Waals surface area contributed by atoms with Crippen LogP contribution in [0.5, 0.6) is 0 Å². The van der Waals surface area contributed by atoms with Crippen molar-refractivity contribution in [3.8, 4) is 0 Å². The van der Waals surface area contributed by atoms with Gasteiger partial charge in [0.05, 0.1) is 17.1 Å². The van der Waals surface area contributed by atoms with Gasteiger partial charge in [-0.25, -0.2) is 8.42 Å². The van der Waals surface area contributed by atoms with E-state index in [0.29, 0.717) is 5.69 Å². The molecule has 0 bridgehead atoms. The van der Waals surface area contributed by atoms with E-state index >= 15 is 0 Å². The maximum absolute atomic E-state index is 12.0. The van der Waals surface area contributed by atoms with Gasteiger partial charge in [-0.15, -0.1) is 0 Å². The van der Waals surface area contributed by atoms with Gasteiger partial charge in [-0.3, -0.25) is 19.7 Å². The largest absolute Gasteiger partial charge is 0.453 e. The lowest BCUT2D eigenvalue weighted by atomic mass is 10.1. The molecule has 1 aromatic rings. The average molecular weight is 368 g/mol. The molecule has 134 valence electrons. The Hall–Kier alpha value is -2.75. The lowest BCUT2D eigenvalue weighted by Crippen LogP contribution is -2.30. The Kier molecular flexibility index (Phi) is 5.52. The highest BCUT2D eigenvalue weighted by Crippen LogP contribution is 2.19. The predicted molar refractivity (Wildman–Crippen MR) is 88.3 cm³/mol. The number of nitro groups is 1. The number of non-ortho nitro benzene ring substituents is 1. The average Bonchev–Trinajstić information content (AvgIpc) is 2.86. The van der Waals surface area contributed by atoms with Crippen molar-refractivity contribution in [3.63, 3.8) is 0 Å². The number of sulfone groups is 1. The highest BCUT2D eigenvalue weighted by Gasteiger charge is 2.26. The van der Waals surface area contributed by atoms with Crippen molar-refractivity contribution >= 4 is 33.1 Å². The number of esters is 1. The quantitative estimate of drug-likeness (QED) is 0.456. The van der Waals surface area contributed by atoms with Gasteiger partial charge in [0.15, 0.2) is 15.9 Å². The molecule has 10 heteroatoms. The van der Waals surface area contributed by atoms with Gasteiger partial charge in [0, 0.05) is 29.1 Å². The zero-order valence-electron chi connectivity index (χ0n) is 13.2. The topological polar surface area (TPSA) is 133 Å². The van der Waals surface area contributed by atoms with Gasteiger partial charge in [-0.1, -0.05) is 6.08 Å². The number of benzene rings is 1. The summed E-state index contributed by atoms with van der Waals surface area (Å²) < 4.78 is 27.5. The number of ether oxygens (including phenoxy) is 1. The van der Waals surface area contributed by atoms with Crippen molar-refractivity contribution in [1.82, 2.24) is 0 Å². The molecule has 1 aliphatic heterocycles. The Labute approximate surface area is 143 Å². The number of hydrogen-bond acceptors (Lipinski definition) is 7. The molecule has 1 aliphatic rings. The lowest BCUT2D eigenvalue weighted by Gasteiger charge is -2.14.